The van der Waals surface area contributed by atoms with Gasteiger partial charge < -0.3 is 10.7 Å². The van der Waals surface area contributed by atoms with Crippen molar-refractivity contribution in [1.29, 1.82) is 0 Å². The van der Waals surface area contributed by atoms with Crippen molar-refractivity contribution in [3.05, 3.63) is 52.1 Å². The Labute approximate surface area is 87.4 Å². The maximum absolute atomic E-state index is 11.3. The van der Waals surface area contributed by atoms with Crippen LogP contribution < -0.4 is 11.4 Å². The molecule has 1 aromatic carbocycles. The second-order valence-corrected chi connectivity index (χ2v) is 3.59. The minimum Gasteiger partial charge on any atom is -0.384 e. The number of benzene rings is 1. The predicted octanol–water partition coefficient (Wildman–Crippen LogP) is 1.12. The fraction of sp³-hybridized carbons (Fsp3) is 0.182. The molecule has 0 amide bonds. The van der Waals surface area contributed by atoms with Crippen molar-refractivity contribution < 1.29 is 0 Å². The molecule has 0 radical (unpaired) electrons. The molecule has 1 aromatic heterocycles. The highest BCUT2D eigenvalue weighted by atomic mass is 16.1. The minimum atomic E-state index is -0.173. The van der Waals surface area contributed by atoms with Gasteiger partial charge in [-0.25, -0.2) is 4.79 Å². The van der Waals surface area contributed by atoms with Gasteiger partial charge in [0.15, 0.2) is 0 Å². The molecular formula is C11H13N3O. The van der Waals surface area contributed by atoms with Crippen LogP contribution in [-0.2, 0) is 6.54 Å². The lowest BCUT2D eigenvalue weighted by atomic mass is 10.1. The third-order valence-electron chi connectivity index (χ3n) is 2.36. The number of hydrogen-bond acceptors (Lipinski definition) is 2. The summed E-state index contributed by atoms with van der Waals surface area (Å²) in [6, 6.07) is 8.02. The zero-order valence-electron chi connectivity index (χ0n) is 8.53. The van der Waals surface area contributed by atoms with E-state index < -0.39 is 0 Å². The van der Waals surface area contributed by atoms with Crippen LogP contribution in [0.15, 0.2) is 35.3 Å². The van der Waals surface area contributed by atoms with Gasteiger partial charge in [0, 0.05) is 6.20 Å². The molecule has 0 unspecified atom stereocenters. The lowest BCUT2D eigenvalue weighted by Gasteiger charge is -2.04. The summed E-state index contributed by atoms with van der Waals surface area (Å²) in [6.45, 7) is 2.54. The largest absolute Gasteiger partial charge is 0.384 e. The van der Waals surface area contributed by atoms with Crippen molar-refractivity contribution in [3.8, 4) is 0 Å². The van der Waals surface area contributed by atoms with E-state index >= 15 is 0 Å². The highest BCUT2D eigenvalue weighted by Crippen LogP contribution is 2.06. The van der Waals surface area contributed by atoms with Gasteiger partial charge in [0.1, 0.15) is 5.82 Å². The normalized spacial score (nSPS) is 10.5. The van der Waals surface area contributed by atoms with Crippen molar-refractivity contribution in [2.45, 2.75) is 13.5 Å². The van der Waals surface area contributed by atoms with Gasteiger partial charge in [-0.3, -0.25) is 4.57 Å². The van der Waals surface area contributed by atoms with Crippen molar-refractivity contribution in [2.24, 2.45) is 0 Å². The summed E-state index contributed by atoms with van der Waals surface area (Å²) in [6.07, 6.45) is 1.51. The predicted molar refractivity (Wildman–Crippen MR) is 59.7 cm³/mol. The van der Waals surface area contributed by atoms with E-state index in [1.54, 1.807) is 0 Å². The number of imidazole rings is 1. The molecule has 4 nitrogen and oxygen atoms in total. The summed E-state index contributed by atoms with van der Waals surface area (Å²) < 4.78 is 1.50. The maximum Gasteiger partial charge on any atom is 0.327 e. The van der Waals surface area contributed by atoms with Gasteiger partial charge in [0.25, 0.3) is 0 Å². The number of aromatic nitrogens is 2. The maximum atomic E-state index is 11.3. The summed E-state index contributed by atoms with van der Waals surface area (Å²) in [5, 5.41) is 0. The van der Waals surface area contributed by atoms with E-state index in [9.17, 15) is 4.79 Å². The van der Waals surface area contributed by atoms with Gasteiger partial charge in [-0.1, -0.05) is 29.8 Å². The molecule has 0 saturated carbocycles. The van der Waals surface area contributed by atoms with Crippen molar-refractivity contribution >= 4 is 5.82 Å². The van der Waals surface area contributed by atoms with Crippen LogP contribution in [0.3, 0.4) is 0 Å². The molecule has 0 fully saturated rings. The van der Waals surface area contributed by atoms with E-state index in [1.165, 1.54) is 16.3 Å². The summed E-state index contributed by atoms with van der Waals surface area (Å²) in [7, 11) is 0. The number of nitrogens with zero attached hydrogens (tertiary/aromatic N) is 1. The fourth-order valence-electron chi connectivity index (χ4n) is 1.45. The molecule has 0 bridgehead atoms. The Kier molecular flexibility index (Phi) is 2.33. The number of H-pyrrole nitrogens is 1. The molecule has 0 spiro atoms. The average Bonchev–Trinajstić information content (AvgIpc) is 2.53. The zero-order chi connectivity index (χ0) is 10.8. The number of nitrogen functional groups attached to an aromatic ring is 1. The van der Waals surface area contributed by atoms with Crippen LogP contribution in [0.2, 0.25) is 0 Å². The summed E-state index contributed by atoms with van der Waals surface area (Å²) in [4.78, 5) is 13.9. The minimum absolute atomic E-state index is 0.173. The van der Waals surface area contributed by atoms with E-state index in [1.807, 2.05) is 31.2 Å². The van der Waals surface area contributed by atoms with E-state index in [-0.39, 0.29) is 5.69 Å². The number of aryl methyl sites for hydroxylation is 1. The van der Waals surface area contributed by atoms with E-state index in [2.05, 4.69) is 4.98 Å². The first-order valence-corrected chi connectivity index (χ1v) is 4.76. The van der Waals surface area contributed by atoms with Crippen LogP contribution in [0, 0.1) is 6.92 Å². The van der Waals surface area contributed by atoms with Gasteiger partial charge in [-0.15, -0.1) is 0 Å². The van der Waals surface area contributed by atoms with Gasteiger partial charge in [0.2, 0.25) is 0 Å². The van der Waals surface area contributed by atoms with Crippen LogP contribution in [0.25, 0.3) is 0 Å². The highest BCUT2D eigenvalue weighted by Gasteiger charge is 2.02. The summed E-state index contributed by atoms with van der Waals surface area (Å²) in [5.74, 6) is 0.459. The first-order valence-electron chi connectivity index (χ1n) is 4.76. The molecule has 15 heavy (non-hydrogen) atoms. The Morgan fingerprint density at radius 3 is 2.53 bits per heavy atom. The van der Waals surface area contributed by atoms with Gasteiger partial charge in [0.05, 0.1) is 6.54 Å². The molecule has 3 N–H and O–H groups in total. The lowest BCUT2D eigenvalue weighted by molar-refractivity contribution is 0.771. The quantitative estimate of drug-likeness (QED) is 0.768. The SMILES string of the molecule is Cc1ccc(Cn2c(N)c[nH]c2=O)cc1. The van der Waals surface area contributed by atoms with E-state index in [0.29, 0.717) is 12.4 Å². The van der Waals surface area contributed by atoms with Gasteiger partial charge >= 0.3 is 5.69 Å². The topological polar surface area (TPSA) is 63.8 Å². The first kappa shape index (κ1) is 9.58. The third kappa shape index (κ3) is 1.93. The Morgan fingerprint density at radius 1 is 1.33 bits per heavy atom. The Bertz CT molecular complexity index is 507. The average molecular weight is 203 g/mol. The molecule has 1 heterocycles. The number of nitrogens with two attached hydrogens (primary N) is 1. The van der Waals surface area contributed by atoms with Gasteiger partial charge in [-0.2, -0.15) is 0 Å². The van der Waals surface area contributed by atoms with Crippen LogP contribution >= 0.6 is 0 Å². The Morgan fingerprint density at radius 2 is 2.00 bits per heavy atom. The molecule has 0 aliphatic carbocycles. The highest BCUT2D eigenvalue weighted by molar-refractivity contribution is 5.28. The molecule has 4 heteroatoms. The third-order valence-corrected chi connectivity index (χ3v) is 2.36. The van der Waals surface area contributed by atoms with E-state index in [0.717, 1.165) is 5.56 Å². The number of anilines is 1. The Hall–Kier alpha value is -1.97. The number of hydrogen-bond donors (Lipinski definition) is 2. The monoisotopic (exact) mass is 203 g/mol. The van der Waals surface area contributed by atoms with Gasteiger partial charge in [-0.05, 0) is 12.5 Å². The van der Waals surface area contributed by atoms with E-state index in [4.69, 9.17) is 5.73 Å². The lowest BCUT2D eigenvalue weighted by Crippen LogP contribution is -2.19. The van der Waals surface area contributed by atoms with Crippen LogP contribution in [0.5, 0.6) is 0 Å². The molecule has 2 rings (SSSR count). The van der Waals surface area contributed by atoms with Crippen LogP contribution in [-0.4, -0.2) is 9.55 Å². The second kappa shape index (κ2) is 3.65. The van der Waals surface area contributed by atoms with Crippen LogP contribution in [0.1, 0.15) is 11.1 Å². The second-order valence-electron chi connectivity index (χ2n) is 3.59. The standard InChI is InChI=1S/C11H13N3O/c1-8-2-4-9(5-3-8)7-14-10(12)6-13-11(14)15/h2-6H,7,12H2,1H3,(H,13,15). The number of nitrogens with one attached hydrogen (secondary N) is 1. The summed E-state index contributed by atoms with van der Waals surface area (Å²) >= 11 is 0. The number of aromatic amines is 1. The summed E-state index contributed by atoms with van der Waals surface area (Å²) in [5.41, 5.74) is 7.74. The molecular weight excluding hydrogens is 190 g/mol. The Balaban J connectivity index is 2.29. The van der Waals surface area contributed by atoms with Crippen molar-refractivity contribution in [1.82, 2.24) is 9.55 Å². The van der Waals surface area contributed by atoms with Crippen molar-refractivity contribution in [3.63, 3.8) is 0 Å². The molecule has 0 saturated heterocycles. The molecule has 2 aromatic rings. The molecule has 0 aliphatic heterocycles. The smallest absolute Gasteiger partial charge is 0.327 e. The van der Waals surface area contributed by atoms with Crippen molar-refractivity contribution in [2.75, 3.05) is 5.73 Å². The van der Waals surface area contributed by atoms with Crippen LogP contribution in [0.4, 0.5) is 5.82 Å². The zero-order valence-corrected chi connectivity index (χ0v) is 8.53. The first-order chi connectivity index (χ1) is 7.16. The fourth-order valence-corrected chi connectivity index (χ4v) is 1.45. The molecule has 0 atom stereocenters. The molecule has 0 aliphatic rings. The molecule has 78 valence electrons. The number of rotatable bonds is 2.